The summed E-state index contributed by atoms with van der Waals surface area (Å²) >= 11 is 3.38. The fourth-order valence-electron chi connectivity index (χ4n) is 3.68. The molecule has 8 nitrogen and oxygen atoms in total. The van der Waals surface area contributed by atoms with Crippen LogP contribution in [0.15, 0.2) is 71.5 Å². The van der Waals surface area contributed by atoms with Gasteiger partial charge in [0.05, 0.1) is 12.6 Å². The predicted octanol–water partition coefficient (Wildman–Crippen LogP) is 5.69. The van der Waals surface area contributed by atoms with Crippen molar-refractivity contribution >= 4 is 50.2 Å². The van der Waals surface area contributed by atoms with Crippen molar-refractivity contribution in [2.24, 2.45) is 5.41 Å². The van der Waals surface area contributed by atoms with Gasteiger partial charge >= 0.3 is 0 Å². The average molecular weight is 551 g/mol. The van der Waals surface area contributed by atoms with Gasteiger partial charge in [-0.2, -0.15) is 0 Å². The first-order valence-electron chi connectivity index (χ1n) is 11.0. The van der Waals surface area contributed by atoms with E-state index in [-0.39, 0.29) is 5.91 Å². The molecule has 1 aliphatic rings. The van der Waals surface area contributed by atoms with Crippen molar-refractivity contribution in [1.82, 2.24) is 9.97 Å². The summed E-state index contributed by atoms with van der Waals surface area (Å²) < 4.78 is 24.9. The summed E-state index contributed by atoms with van der Waals surface area (Å²) in [6.45, 7) is 0. The molecule has 36 heavy (non-hydrogen) atoms. The number of carbonyl (C=O) groups excluding carboxylic acids is 2. The summed E-state index contributed by atoms with van der Waals surface area (Å²) in [5.41, 5.74) is 0.999. The summed E-state index contributed by atoms with van der Waals surface area (Å²) in [5.74, 6) is 0.400. The quantitative estimate of drug-likeness (QED) is 0.226. The van der Waals surface area contributed by atoms with Crippen LogP contribution in [-0.4, -0.2) is 28.9 Å². The standard InChI is InChI=1S/C26H20BrFN4O4/c1-35-21-14-19-22(32-23(21)27)20(10-13-29-19)36-18-8-6-17(7-9-18)31-25(34)26(11-12-26)24(33)30-16-4-2-15(28)3-5-16/h2-10,13-14H,11-12H2,1H3,(H,30,33)(H,31,34). The van der Waals surface area contributed by atoms with Gasteiger partial charge in [-0.15, -0.1) is 0 Å². The van der Waals surface area contributed by atoms with E-state index >= 15 is 0 Å². The van der Waals surface area contributed by atoms with Gasteiger partial charge in [0.1, 0.15) is 27.1 Å². The smallest absolute Gasteiger partial charge is 0.240 e. The van der Waals surface area contributed by atoms with E-state index in [2.05, 4.69) is 36.5 Å². The highest BCUT2D eigenvalue weighted by atomic mass is 79.9. The normalized spacial score (nSPS) is 13.6. The number of halogens is 2. The number of hydrogen-bond donors (Lipinski definition) is 2. The molecule has 0 spiro atoms. The van der Waals surface area contributed by atoms with Gasteiger partial charge in [-0.25, -0.2) is 9.37 Å². The Morgan fingerprint density at radius 3 is 2.14 bits per heavy atom. The second kappa shape index (κ2) is 9.54. The number of hydrogen-bond acceptors (Lipinski definition) is 6. The molecule has 2 amide bonds. The van der Waals surface area contributed by atoms with Crippen molar-refractivity contribution in [2.45, 2.75) is 12.8 Å². The molecule has 0 bridgehead atoms. The lowest BCUT2D eigenvalue weighted by molar-refractivity contribution is -0.131. The molecule has 5 rings (SSSR count). The van der Waals surface area contributed by atoms with Crippen LogP contribution < -0.4 is 20.1 Å². The van der Waals surface area contributed by atoms with Crippen molar-refractivity contribution in [1.29, 1.82) is 0 Å². The maximum Gasteiger partial charge on any atom is 0.240 e. The van der Waals surface area contributed by atoms with Crippen LogP contribution in [0.5, 0.6) is 17.2 Å². The molecule has 4 aromatic rings. The van der Waals surface area contributed by atoms with Gasteiger partial charge in [0.2, 0.25) is 11.8 Å². The lowest BCUT2D eigenvalue weighted by atomic mass is 10.0. The summed E-state index contributed by atoms with van der Waals surface area (Å²) in [4.78, 5) is 34.4. The van der Waals surface area contributed by atoms with Crippen molar-refractivity contribution in [3.8, 4) is 17.2 Å². The Morgan fingerprint density at radius 2 is 1.56 bits per heavy atom. The van der Waals surface area contributed by atoms with Gasteiger partial charge in [-0.3, -0.25) is 14.6 Å². The third-order valence-electron chi connectivity index (χ3n) is 5.88. The van der Waals surface area contributed by atoms with Gasteiger partial charge in [-0.05, 0) is 77.3 Å². The van der Waals surface area contributed by atoms with E-state index in [0.717, 1.165) is 0 Å². The molecule has 0 aliphatic heterocycles. The molecule has 2 N–H and O–H groups in total. The highest BCUT2D eigenvalue weighted by molar-refractivity contribution is 9.10. The van der Waals surface area contributed by atoms with E-state index in [4.69, 9.17) is 9.47 Å². The fraction of sp³-hybridized carbons (Fsp3) is 0.154. The Kier molecular flexibility index (Phi) is 6.27. The molecule has 2 aromatic carbocycles. The number of benzene rings is 2. The van der Waals surface area contributed by atoms with Crippen LogP contribution in [0.3, 0.4) is 0 Å². The molecule has 2 aromatic heterocycles. The first-order valence-corrected chi connectivity index (χ1v) is 11.8. The SMILES string of the molecule is COc1cc2nccc(Oc3ccc(NC(=O)C4(C(=O)Nc5ccc(F)cc5)CC4)cc3)c2nc1Br. The number of amides is 2. The first kappa shape index (κ1) is 23.7. The van der Waals surface area contributed by atoms with Crippen molar-refractivity contribution < 1.29 is 23.5 Å². The number of rotatable bonds is 7. The number of carbonyl (C=O) groups is 2. The van der Waals surface area contributed by atoms with Gasteiger partial charge in [0.25, 0.3) is 0 Å². The molecule has 1 aliphatic carbocycles. The second-order valence-electron chi connectivity index (χ2n) is 8.28. The molecule has 182 valence electrons. The summed E-state index contributed by atoms with van der Waals surface area (Å²) in [6.07, 6.45) is 2.50. The van der Waals surface area contributed by atoms with E-state index in [1.54, 1.807) is 49.7 Å². The number of nitrogens with one attached hydrogen (secondary N) is 2. The maximum atomic E-state index is 13.1. The average Bonchev–Trinajstić information content (AvgIpc) is 3.69. The lowest BCUT2D eigenvalue weighted by Gasteiger charge is -2.16. The zero-order valence-electron chi connectivity index (χ0n) is 19.0. The van der Waals surface area contributed by atoms with E-state index in [9.17, 15) is 14.0 Å². The number of ether oxygens (including phenoxy) is 2. The summed E-state index contributed by atoms with van der Waals surface area (Å²) in [6, 6.07) is 15.7. The third-order valence-corrected chi connectivity index (χ3v) is 6.45. The molecule has 0 saturated heterocycles. The monoisotopic (exact) mass is 550 g/mol. The Morgan fingerprint density at radius 1 is 0.944 bits per heavy atom. The third kappa shape index (κ3) is 4.72. The second-order valence-corrected chi connectivity index (χ2v) is 9.03. The highest BCUT2D eigenvalue weighted by Crippen LogP contribution is 2.47. The Hall–Kier alpha value is -4.05. The van der Waals surface area contributed by atoms with Crippen LogP contribution in [0, 0.1) is 11.2 Å². The van der Waals surface area contributed by atoms with Gasteiger partial charge in [0, 0.05) is 29.7 Å². The van der Waals surface area contributed by atoms with E-state index in [1.807, 2.05) is 0 Å². The van der Waals surface area contributed by atoms with Crippen LogP contribution in [0.4, 0.5) is 15.8 Å². The van der Waals surface area contributed by atoms with E-state index in [0.29, 0.717) is 57.1 Å². The minimum absolute atomic E-state index is 0.390. The maximum absolute atomic E-state index is 13.1. The number of anilines is 2. The van der Waals surface area contributed by atoms with Crippen LogP contribution in [0.1, 0.15) is 12.8 Å². The zero-order valence-corrected chi connectivity index (χ0v) is 20.6. The molecule has 10 heteroatoms. The van der Waals surface area contributed by atoms with Gasteiger partial charge < -0.3 is 20.1 Å². The van der Waals surface area contributed by atoms with Gasteiger partial charge in [0.15, 0.2) is 11.5 Å². The van der Waals surface area contributed by atoms with Gasteiger partial charge in [-0.1, -0.05) is 0 Å². The molecular formula is C26H20BrFN4O4. The topological polar surface area (TPSA) is 102 Å². The summed E-state index contributed by atoms with van der Waals surface area (Å²) in [7, 11) is 1.55. The van der Waals surface area contributed by atoms with E-state index < -0.39 is 17.1 Å². The number of pyridine rings is 2. The number of nitrogens with zero attached hydrogens (tertiary/aromatic N) is 2. The molecular weight excluding hydrogens is 531 g/mol. The van der Waals surface area contributed by atoms with Crippen LogP contribution in [0.2, 0.25) is 0 Å². The first-order chi connectivity index (χ1) is 17.4. The Bertz CT molecular complexity index is 1460. The minimum Gasteiger partial charge on any atom is -0.494 e. The highest BCUT2D eigenvalue weighted by Gasteiger charge is 2.56. The molecule has 0 radical (unpaired) electrons. The van der Waals surface area contributed by atoms with E-state index in [1.165, 1.54) is 24.3 Å². The lowest BCUT2D eigenvalue weighted by Crippen LogP contribution is -2.35. The number of methoxy groups -OCH3 is 1. The largest absolute Gasteiger partial charge is 0.494 e. The Labute approximate surface area is 214 Å². The molecule has 0 atom stereocenters. The van der Waals surface area contributed by atoms with Crippen LogP contribution in [-0.2, 0) is 9.59 Å². The van der Waals surface area contributed by atoms with Crippen LogP contribution >= 0.6 is 15.9 Å². The van der Waals surface area contributed by atoms with Crippen LogP contribution in [0.25, 0.3) is 11.0 Å². The summed E-state index contributed by atoms with van der Waals surface area (Å²) in [5, 5.41) is 5.50. The number of aromatic nitrogens is 2. The molecule has 2 heterocycles. The molecule has 1 fully saturated rings. The Balaban J connectivity index is 1.26. The van der Waals surface area contributed by atoms with Crippen molar-refractivity contribution in [2.75, 3.05) is 17.7 Å². The minimum atomic E-state index is -1.14. The van der Waals surface area contributed by atoms with Crippen molar-refractivity contribution in [3.63, 3.8) is 0 Å². The predicted molar refractivity (Wildman–Crippen MR) is 136 cm³/mol. The molecule has 1 saturated carbocycles. The van der Waals surface area contributed by atoms with Crippen molar-refractivity contribution in [3.05, 3.63) is 77.3 Å². The number of fused-ring (bicyclic) bond motifs is 1. The zero-order chi connectivity index (χ0) is 25.3. The molecule has 0 unspecified atom stereocenters. The fourth-order valence-corrected chi connectivity index (χ4v) is 4.14.